The van der Waals surface area contributed by atoms with Crippen molar-refractivity contribution in [1.82, 2.24) is 0 Å². The van der Waals surface area contributed by atoms with Gasteiger partial charge in [0.05, 0.1) is 47.2 Å². The van der Waals surface area contributed by atoms with E-state index in [1.54, 1.807) is 57.5 Å². The maximum absolute atomic E-state index is 9.26. The Balaban J connectivity index is 1.28. The first-order valence-electron chi connectivity index (χ1n) is 13.8. The lowest BCUT2D eigenvalue weighted by Crippen LogP contribution is -2.05. The molecule has 6 heterocycles. The third kappa shape index (κ3) is 6.51. The first-order valence-corrected chi connectivity index (χ1v) is 18.7. The summed E-state index contributed by atoms with van der Waals surface area (Å²) < 4.78 is 16.9. The molecule has 0 bridgehead atoms. The third-order valence-corrected chi connectivity index (χ3v) is 13.6. The molecule has 0 spiro atoms. The highest BCUT2D eigenvalue weighted by atomic mass is 32.1. The van der Waals surface area contributed by atoms with E-state index >= 15 is 0 Å². The van der Waals surface area contributed by atoms with Crippen molar-refractivity contribution in [2.75, 3.05) is 0 Å². The normalized spacial score (nSPS) is 12.0. The van der Waals surface area contributed by atoms with Gasteiger partial charge in [0.1, 0.15) is 11.5 Å². The number of rotatable bonds is 9. The Bertz CT molecular complexity index is 2080. The van der Waals surface area contributed by atoms with Crippen LogP contribution in [0.15, 0.2) is 47.8 Å². The summed E-state index contributed by atoms with van der Waals surface area (Å²) in [5.41, 5.74) is 0.0736. The average Bonchev–Trinajstić information content (AvgIpc) is 3.84. The maximum Gasteiger partial charge on any atom is 0.263 e. The molecule has 0 fully saturated rings. The van der Waals surface area contributed by atoms with Gasteiger partial charge in [0, 0.05) is 60.2 Å². The van der Waals surface area contributed by atoms with E-state index in [4.69, 9.17) is 22.6 Å². The van der Waals surface area contributed by atoms with Crippen molar-refractivity contribution in [3.63, 3.8) is 0 Å². The molecule has 6 aromatic heterocycles. The fraction of sp³-hybridized carbons (Fsp3) is 0.176. The number of hydrogen-bond donors (Lipinski definition) is 0. The van der Waals surface area contributed by atoms with Crippen LogP contribution in [0.4, 0.5) is 0 Å². The Morgan fingerprint density at radius 2 is 0.891 bits per heavy atom. The van der Waals surface area contributed by atoms with Crippen LogP contribution in [0.5, 0.6) is 11.5 Å². The summed E-state index contributed by atoms with van der Waals surface area (Å²) in [6.07, 6.45) is 3.16. The Morgan fingerprint density at radius 3 is 1.15 bits per heavy atom. The van der Waals surface area contributed by atoms with Crippen LogP contribution in [0, 0.1) is 35.8 Å². The maximum atomic E-state index is 9.26. The second-order valence-corrected chi connectivity index (χ2v) is 16.9. The zero-order chi connectivity index (χ0) is 32.5. The zero-order valence-corrected chi connectivity index (χ0v) is 29.7. The lowest BCUT2D eigenvalue weighted by Gasteiger charge is -2.08. The molecule has 0 unspecified atom stereocenters. The van der Waals surface area contributed by atoms with Crippen LogP contribution < -0.4 is 9.47 Å². The lowest BCUT2D eigenvalue weighted by atomic mass is 10.3. The molecular weight excluding hydrogens is 689 g/mol. The van der Waals surface area contributed by atoms with Gasteiger partial charge in [-0.15, -0.1) is 68.0 Å². The first kappa shape index (κ1) is 31.7. The van der Waals surface area contributed by atoms with Crippen LogP contribution in [0.3, 0.4) is 0 Å². The molecule has 0 atom stereocenters. The van der Waals surface area contributed by atoms with Crippen molar-refractivity contribution in [2.45, 2.75) is 39.9 Å². The molecule has 0 aliphatic carbocycles. The SMILES string of the molecule is [C-]#[N+]/C(C#N)=C\c1sc(-c2cc3sc(-c4cc5sc(-c6cc(OC(C)C)c(/C=C(\C#N)[N+]#[C-])s6)cc5s4)cc3s2)cc1OC(C)C. The standard InChI is InChI=1S/C34H22N4O2S6/c1-17(2)39-21-9-25(41-23(21)7-19(15-35)37-5)27-11-29-31(43-27)13-33(45-29)34-14-32-30(46-34)12-28(44-32)26-10-22(40-18(3)4)24(42-26)8-20(16-36)38-6/h7-14,17-18H,1-4H3/b19-7-,20-8+. The smallest absolute Gasteiger partial charge is 0.263 e. The van der Waals surface area contributed by atoms with E-state index in [1.165, 1.54) is 51.2 Å². The minimum absolute atomic E-state index is 0.0247. The number of hydrogen-bond acceptors (Lipinski definition) is 10. The van der Waals surface area contributed by atoms with Gasteiger partial charge in [-0.3, -0.25) is 0 Å². The second kappa shape index (κ2) is 13.2. The molecule has 226 valence electrons. The zero-order valence-electron chi connectivity index (χ0n) is 24.8. The highest BCUT2D eigenvalue weighted by Gasteiger charge is 2.19. The molecule has 0 N–H and O–H groups in total. The topological polar surface area (TPSA) is 74.8 Å². The molecule has 0 radical (unpaired) electrons. The van der Waals surface area contributed by atoms with Crippen molar-refractivity contribution >= 4 is 99.0 Å². The van der Waals surface area contributed by atoms with Gasteiger partial charge in [-0.2, -0.15) is 0 Å². The minimum atomic E-state index is -0.0247. The van der Waals surface area contributed by atoms with Gasteiger partial charge in [0.2, 0.25) is 0 Å². The van der Waals surface area contributed by atoms with Crippen molar-refractivity contribution in [3.8, 4) is 52.9 Å². The van der Waals surface area contributed by atoms with Gasteiger partial charge in [-0.25, -0.2) is 20.2 Å². The highest BCUT2D eigenvalue weighted by molar-refractivity contribution is 7.36. The number of nitrogens with zero attached hydrogens (tertiary/aromatic N) is 4. The van der Waals surface area contributed by atoms with Gasteiger partial charge in [-0.1, -0.05) is 0 Å². The summed E-state index contributed by atoms with van der Waals surface area (Å²) in [5.74, 6) is 1.38. The van der Waals surface area contributed by atoms with E-state index in [0.717, 1.165) is 29.3 Å². The molecule has 6 nitrogen and oxygen atoms in total. The Morgan fingerprint density at radius 1 is 0.587 bits per heavy atom. The van der Waals surface area contributed by atoms with Crippen LogP contribution in [-0.4, -0.2) is 12.2 Å². The Hall–Kier alpha value is -4.24. The molecule has 6 rings (SSSR count). The molecule has 0 aliphatic rings. The Kier molecular flexibility index (Phi) is 9.13. The summed E-state index contributed by atoms with van der Waals surface area (Å²) >= 11 is 10.1. The lowest BCUT2D eigenvalue weighted by molar-refractivity contribution is 0.243. The largest absolute Gasteiger partial charge is 0.490 e. The molecule has 0 saturated carbocycles. The fourth-order valence-corrected chi connectivity index (χ4v) is 11.6. The van der Waals surface area contributed by atoms with E-state index in [2.05, 4.69) is 34.0 Å². The number of thiophene rings is 6. The summed E-state index contributed by atoms with van der Waals surface area (Å²) in [5, 5.41) is 18.5. The molecule has 12 heteroatoms. The number of ether oxygens (including phenoxy) is 2. The fourth-order valence-electron chi connectivity index (χ4n) is 4.50. The van der Waals surface area contributed by atoms with E-state index in [0.29, 0.717) is 11.5 Å². The van der Waals surface area contributed by atoms with Crippen molar-refractivity contribution in [3.05, 3.63) is 80.4 Å². The summed E-state index contributed by atoms with van der Waals surface area (Å²) in [7, 11) is 0. The third-order valence-electron chi connectivity index (χ3n) is 6.32. The van der Waals surface area contributed by atoms with Gasteiger partial charge < -0.3 is 9.47 Å². The monoisotopic (exact) mass is 710 g/mol. The van der Waals surface area contributed by atoms with Crippen molar-refractivity contribution in [1.29, 1.82) is 10.5 Å². The van der Waals surface area contributed by atoms with Gasteiger partial charge in [0.15, 0.2) is 0 Å². The first-order chi connectivity index (χ1) is 22.2. The van der Waals surface area contributed by atoms with Gasteiger partial charge in [-0.05, 0) is 64.1 Å². The van der Waals surface area contributed by atoms with Crippen LogP contribution >= 0.6 is 68.0 Å². The molecule has 46 heavy (non-hydrogen) atoms. The minimum Gasteiger partial charge on any atom is -0.490 e. The van der Waals surface area contributed by atoms with Gasteiger partial charge >= 0.3 is 0 Å². The molecule has 0 aliphatic heterocycles. The van der Waals surface area contributed by atoms with Crippen LogP contribution in [-0.2, 0) is 0 Å². The van der Waals surface area contributed by atoms with Crippen LogP contribution in [0.2, 0.25) is 0 Å². The number of nitriles is 2. The molecule has 6 aromatic rings. The van der Waals surface area contributed by atoms with E-state index in [-0.39, 0.29) is 23.6 Å². The summed E-state index contributed by atoms with van der Waals surface area (Å²) in [6.45, 7) is 22.3. The van der Waals surface area contributed by atoms with E-state index in [9.17, 15) is 10.5 Å². The van der Waals surface area contributed by atoms with Gasteiger partial charge in [0.25, 0.3) is 11.4 Å². The number of allylic oxidation sites excluding steroid dienone is 2. The molecule has 0 amide bonds. The van der Waals surface area contributed by atoms with Crippen molar-refractivity contribution in [2.24, 2.45) is 0 Å². The molecule has 0 saturated heterocycles. The molecule has 0 aromatic carbocycles. The number of fused-ring (bicyclic) bond motifs is 2. The summed E-state index contributed by atoms with van der Waals surface area (Å²) in [6, 6.07) is 16.9. The predicted octanol–water partition coefficient (Wildman–Crippen LogP) is 12.5. The Labute approximate surface area is 290 Å². The average molecular weight is 711 g/mol. The van der Waals surface area contributed by atoms with E-state index in [1.807, 2.05) is 52.0 Å². The predicted molar refractivity (Wildman–Crippen MR) is 197 cm³/mol. The second-order valence-electron chi connectivity index (χ2n) is 10.4. The van der Waals surface area contributed by atoms with E-state index < -0.39 is 0 Å². The molecular formula is C34H22N4O2S6. The summed E-state index contributed by atoms with van der Waals surface area (Å²) in [4.78, 5) is 15.0. The van der Waals surface area contributed by atoms with Crippen LogP contribution in [0.1, 0.15) is 37.4 Å². The quantitative estimate of drug-likeness (QED) is 0.111. The van der Waals surface area contributed by atoms with Crippen molar-refractivity contribution < 1.29 is 9.47 Å². The van der Waals surface area contributed by atoms with Crippen LogP contribution in [0.25, 0.3) is 69.9 Å². The highest BCUT2D eigenvalue weighted by Crippen LogP contribution is 2.50.